The maximum absolute atomic E-state index is 12.8. The molecule has 216 valence electrons. The first-order valence-corrected chi connectivity index (χ1v) is 15.4. The number of nitrogens with zero attached hydrogens (tertiary/aromatic N) is 4. The lowest BCUT2D eigenvalue weighted by molar-refractivity contribution is -0.832. The van der Waals surface area contributed by atoms with Crippen molar-refractivity contribution in [2.75, 3.05) is 24.2 Å². The molecule has 0 atom stereocenters. The van der Waals surface area contributed by atoms with Crippen molar-refractivity contribution < 1.29 is 27.5 Å². The summed E-state index contributed by atoms with van der Waals surface area (Å²) in [7, 11) is -4.18. The van der Waals surface area contributed by atoms with Crippen molar-refractivity contribution >= 4 is 49.9 Å². The Morgan fingerprint density at radius 1 is 0.952 bits per heavy atom. The fourth-order valence-corrected chi connectivity index (χ4v) is 5.89. The molecule has 14 heteroatoms. The highest BCUT2D eigenvalue weighted by Gasteiger charge is 2.35. The van der Waals surface area contributed by atoms with Crippen molar-refractivity contribution in [3.63, 3.8) is 0 Å². The second-order valence-electron chi connectivity index (χ2n) is 8.91. The average Bonchev–Trinajstić information content (AvgIpc) is 3.39. The van der Waals surface area contributed by atoms with Crippen LogP contribution in [-0.4, -0.2) is 48.4 Å². The molecular weight excluding hydrogens is 580 g/mol. The van der Waals surface area contributed by atoms with E-state index >= 15 is 0 Å². The maximum atomic E-state index is 12.8. The number of unbranched alkanes of at least 4 members (excludes halogenated alkanes) is 1. The number of rotatable bonds is 13. The first kappa shape index (κ1) is 28.8. The van der Waals surface area contributed by atoms with Crippen molar-refractivity contribution in [2.24, 2.45) is 0 Å². The van der Waals surface area contributed by atoms with Gasteiger partial charge in [0.25, 0.3) is 9.84 Å². The molecule has 0 aliphatic rings. The third-order valence-corrected chi connectivity index (χ3v) is 8.51. The molecule has 0 saturated heterocycles. The molecule has 0 fully saturated rings. The van der Waals surface area contributed by atoms with Gasteiger partial charge in [0, 0.05) is 17.6 Å². The summed E-state index contributed by atoms with van der Waals surface area (Å²) in [6, 6.07) is 24.8. The number of carbonyl (C=O) groups excluding carboxylic acids is 1. The SMILES string of the molecule is O=C(CSc1nc(Nc2ccccc2)c2ccccc2n1)NCCCCOc1no[n+]([O-])c1S(=O)(=O)c1ccccc1. The van der Waals surface area contributed by atoms with Crippen LogP contribution in [0.25, 0.3) is 10.9 Å². The third kappa shape index (κ3) is 6.95. The van der Waals surface area contributed by atoms with Gasteiger partial charge in [-0.05, 0) is 54.1 Å². The molecule has 0 saturated carbocycles. The molecule has 0 radical (unpaired) electrons. The predicted octanol–water partition coefficient (Wildman–Crippen LogP) is 3.90. The summed E-state index contributed by atoms with van der Waals surface area (Å²) >= 11 is 1.23. The van der Waals surface area contributed by atoms with Crippen molar-refractivity contribution in [2.45, 2.75) is 27.9 Å². The highest BCUT2D eigenvalue weighted by Crippen LogP contribution is 2.27. The van der Waals surface area contributed by atoms with Gasteiger partial charge in [-0.1, -0.05) is 60.3 Å². The van der Waals surface area contributed by atoms with E-state index in [1.165, 1.54) is 36.0 Å². The Balaban J connectivity index is 1.09. The zero-order valence-electron chi connectivity index (χ0n) is 22.2. The Morgan fingerprint density at radius 2 is 1.67 bits per heavy atom. The van der Waals surface area contributed by atoms with E-state index < -0.39 is 20.7 Å². The van der Waals surface area contributed by atoms with Crippen molar-refractivity contribution in [3.05, 3.63) is 90.1 Å². The van der Waals surface area contributed by atoms with Crippen LogP contribution in [0.5, 0.6) is 5.88 Å². The van der Waals surface area contributed by atoms with Crippen LogP contribution in [0.15, 0.2) is 105 Å². The van der Waals surface area contributed by atoms with Crippen LogP contribution in [0.1, 0.15) is 12.8 Å². The van der Waals surface area contributed by atoms with Crippen LogP contribution in [0.2, 0.25) is 0 Å². The summed E-state index contributed by atoms with van der Waals surface area (Å²) < 4.78 is 35.5. The van der Waals surface area contributed by atoms with Crippen LogP contribution >= 0.6 is 11.8 Å². The van der Waals surface area contributed by atoms with Crippen LogP contribution in [0.4, 0.5) is 11.5 Å². The van der Waals surface area contributed by atoms with Crippen molar-refractivity contribution in [1.29, 1.82) is 0 Å². The molecule has 2 aromatic heterocycles. The number of benzene rings is 3. The summed E-state index contributed by atoms with van der Waals surface area (Å²) in [5.74, 6) is 0.188. The van der Waals surface area contributed by atoms with E-state index in [0.29, 0.717) is 30.4 Å². The summed E-state index contributed by atoms with van der Waals surface area (Å²) in [5.41, 5.74) is 1.66. The van der Waals surface area contributed by atoms with Crippen molar-refractivity contribution in [1.82, 2.24) is 20.4 Å². The molecule has 1 amide bonds. The molecule has 42 heavy (non-hydrogen) atoms. The van der Waals surface area contributed by atoms with Crippen LogP contribution in [-0.2, 0) is 14.6 Å². The zero-order valence-corrected chi connectivity index (χ0v) is 23.8. The van der Waals surface area contributed by atoms with Crippen LogP contribution in [0.3, 0.4) is 0 Å². The quantitative estimate of drug-likeness (QED) is 0.0865. The molecule has 5 aromatic rings. The topological polar surface area (TPSA) is 163 Å². The average molecular weight is 607 g/mol. The van der Waals surface area contributed by atoms with Crippen molar-refractivity contribution in [3.8, 4) is 5.88 Å². The monoisotopic (exact) mass is 606 g/mol. The first-order valence-electron chi connectivity index (χ1n) is 12.9. The van der Waals surface area contributed by atoms with Gasteiger partial charge >= 0.3 is 10.9 Å². The molecule has 3 aromatic carbocycles. The lowest BCUT2D eigenvalue weighted by atomic mass is 10.2. The van der Waals surface area contributed by atoms with Gasteiger partial charge in [0.15, 0.2) is 5.16 Å². The molecule has 5 rings (SSSR count). The summed E-state index contributed by atoms with van der Waals surface area (Å²) in [4.78, 5) is 21.4. The van der Waals surface area contributed by atoms with Crippen LogP contribution < -0.4 is 20.3 Å². The first-order chi connectivity index (χ1) is 20.4. The van der Waals surface area contributed by atoms with E-state index in [0.717, 1.165) is 16.6 Å². The molecular formula is C28H26N6O6S2. The Kier molecular flexibility index (Phi) is 9.14. The highest BCUT2D eigenvalue weighted by atomic mass is 32.2. The Labute approximate surface area is 245 Å². The minimum absolute atomic E-state index is 0.0661. The van der Waals surface area contributed by atoms with E-state index in [4.69, 9.17) is 4.74 Å². The number of sulfone groups is 1. The number of thioether (sulfide) groups is 1. The van der Waals surface area contributed by atoms with Gasteiger partial charge < -0.3 is 20.6 Å². The van der Waals surface area contributed by atoms with Gasteiger partial charge in [-0.2, -0.15) is 0 Å². The Bertz CT molecular complexity index is 1770. The smallest absolute Gasteiger partial charge is 0.414 e. The molecule has 2 N–H and O–H groups in total. The molecule has 0 bridgehead atoms. The normalized spacial score (nSPS) is 11.3. The highest BCUT2D eigenvalue weighted by molar-refractivity contribution is 7.99. The zero-order chi connectivity index (χ0) is 29.4. The number of carbonyl (C=O) groups is 1. The van der Waals surface area contributed by atoms with Gasteiger partial charge in [0.2, 0.25) is 5.91 Å². The number of ether oxygens (including phenoxy) is 1. The van der Waals surface area contributed by atoms with E-state index in [2.05, 4.69) is 30.4 Å². The molecule has 0 unspecified atom stereocenters. The summed E-state index contributed by atoms with van der Waals surface area (Å²) in [6.45, 7) is 0.439. The number of aromatic nitrogens is 4. The molecule has 0 aliphatic heterocycles. The predicted molar refractivity (Wildman–Crippen MR) is 155 cm³/mol. The van der Waals surface area contributed by atoms with E-state index in [1.54, 1.807) is 6.07 Å². The number of hydrogen-bond donors (Lipinski definition) is 2. The number of hydrogen-bond acceptors (Lipinski definition) is 11. The van der Waals surface area contributed by atoms with Gasteiger partial charge in [-0.25, -0.2) is 18.4 Å². The summed E-state index contributed by atoms with van der Waals surface area (Å²) in [5, 5.41) is 22.2. The minimum Gasteiger partial charge on any atom is -0.454 e. The molecule has 0 spiro atoms. The number of anilines is 2. The third-order valence-electron chi connectivity index (χ3n) is 5.94. The van der Waals surface area contributed by atoms with Gasteiger partial charge in [0.1, 0.15) is 5.82 Å². The number of nitrogens with one attached hydrogen (secondary N) is 2. The van der Waals surface area contributed by atoms with Gasteiger partial charge in [-0.15, -0.1) is 0 Å². The Morgan fingerprint density at radius 3 is 2.45 bits per heavy atom. The largest absolute Gasteiger partial charge is 0.454 e. The van der Waals surface area contributed by atoms with Gasteiger partial charge in [-0.3, -0.25) is 9.42 Å². The lowest BCUT2D eigenvalue weighted by Gasteiger charge is -2.11. The fourth-order valence-electron chi connectivity index (χ4n) is 3.92. The van der Waals surface area contributed by atoms with Gasteiger partial charge in [0.05, 0.1) is 27.9 Å². The molecule has 2 heterocycles. The fraction of sp³-hybridized carbons (Fsp3) is 0.179. The standard InChI is InChI=1S/C28H26N6O6S2/c35-24(19-41-28-31-23-16-8-7-15-22(23)25(32-28)30-20-11-3-1-4-12-20)29-17-9-10-18-39-26-27(34(36)40-33-26)42(37,38)21-13-5-2-6-14-21/h1-8,11-16H,9-10,17-19H2,(H,29,35)(H,30,31,32). The van der Waals surface area contributed by atoms with E-state index in [9.17, 15) is 18.4 Å². The van der Waals surface area contributed by atoms with E-state index in [-0.39, 0.29) is 28.1 Å². The van der Waals surface area contributed by atoms with E-state index in [1.807, 2.05) is 54.6 Å². The summed E-state index contributed by atoms with van der Waals surface area (Å²) in [6.07, 6.45) is 1.01. The second-order valence-corrected chi connectivity index (χ2v) is 11.7. The number of fused-ring (bicyclic) bond motifs is 1. The number of para-hydroxylation sites is 2. The van der Waals surface area contributed by atoms with Crippen LogP contribution in [0, 0.1) is 5.21 Å². The number of amides is 1. The Hall–Kier alpha value is -4.69. The lowest BCUT2D eigenvalue weighted by Crippen LogP contribution is -2.31. The second kappa shape index (κ2) is 13.3. The maximum Gasteiger partial charge on any atom is 0.414 e. The molecule has 12 nitrogen and oxygen atoms in total. The minimum atomic E-state index is -4.18. The molecule has 0 aliphatic carbocycles.